The lowest BCUT2D eigenvalue weighted by Gasteiger charge is -2.17. The monoisotopic (exact) mass is 378 g/mol. The van der Waals surface area contributed by atoms with E-state index in [1.165, 1.54) is 10.9 Å². The van der Waals surface area contributed by atoms with E-state index in [0.29, 0.717) is 0 Å². The van der Waals surface area contributed by atoms with E-state index in [9.17, 15) is 4.79 Å². The number of carbonyl (C=O) groups is 1. The van der Waals surface area contributed by atoms with Crippen LogP contribution in [0.3, 0.4) is 0 Å². The van der Waals surface area contributed by atoms with Crippen LogP contribution in [0.15, 0.2) is 53.6 Å². The molecule has 3 aromatic rings. The van der Waals surface area contributed by atoms with Crippen LogP contribution in [-0.4, -0.2) is 16.1 Å². The van der Waals surface area contributed by atoms with Crippen molar-refractivity contribution in [1.82, 2.24) is 4.98 Å². The summed E-state index contributed by atoms with van der Waals surface area (Å²) in [4.78, 5) is 17.7. The summed E-state index contributed by atoms with van der Waals surface area (Å²) in [6.07, 6.45) is 1.64. The van der Waals surface area contributed by atoms with Crippen molar-refractivity contribution in [3.05, 3.63) is 65.2 Å². The Kier molecular flexibility index (Phi) is 6.17. The van der Waals surface area contributed by atoms with Gasteiger partial charge >= 0.3 is 0 Å². The van der Waals surface area contributed by atoms with E-state index in [1.807, 2.05) is 25.1 Å². The summed E-state index contributed by atoms with van der Waals surface area (Å²) < 4.78 is 0. The second kappa shape index (κ2) is 8.57. The third-order valence-corrected chi connectivity index (χ3v) is 6.09. The van der Waals surface area contributed by atoms with Gasteiger partial charge in [-0.05, 0) is 55.5 Å². The van der Waals surface area contributed by atoms with Crippen molar-refractivity contribution in [2.45, 2.75) is 50.8 Å². The summed E-state index contributed by atoms with van der Waals surface area (Å²) >= 11 is 1.54. The molecule has 4 heteroatoms. The van der Waals surface area contributed by atoms with Crippen molar-refractivity contribution in [2.75, 3.05) is 5.32 Å². The second-order valence-corrected chi connectivity index (χ2v) is 7.99. The molecule has 0 aliphatic carbocycles. The number of aryl methyl sites for hydroxylation is 3. The van der Waals surface area contributed by atoms with E-state index in [1.54, 1.807) is 11.8 Å². The summed E-state index contributed by atoms with van der Waals surface area (Å²) in [5.74, 6) is 0.0349. The largest absolute Gasteiger partial charge is 0.325 e. The molecule has 0 fully saturated rings. The van der Waals surface area contributed by atoms with Gasteiger partial charge in [-0.3, -0.25) is 4.79 Å². The van der Waals surface area contributed by atoms with Crippen LogP contribution in [0.5, 0.6) is 0 Å². The zero-order valence-corrected chi connectivity index (χ0v) is 17.2. The first kappa shape index (κ1) is 19.4. The van der Waals surface area contributed by atoms with E-state index >= 15 is 0 Å². The zero-order chi connectivity index (χ0) is 19.4. The first-order valence-electron chi connectivity index (χ1n) is 9.45. The maximum Gasteiger partial charge on any atom is 0.237 e. The number of nitrogens with zero attached hydrogens (tertiary/aromatic N) is 1. The molecule has 2 aromatic carbocycles. The Balaban J connectivity index is 1.83. The van der Waals surface area contributed by atoms with Gasteiger partial charge in [-0.2, -0.15) is 0 Å². The highest BCUT2D eigenvalue weighted by atomic mass is 32.2. The quantitative estimate of drug-likeness (QED) is 0.541. The summed E-state index contributed by atoms with van der Waals surface area (Å²) in [5.41, 5.74) is 5.43. The van der Waals surface area contributed by atoms with Crippen LogP contribution in [0.2, 0.25) is 0 Å². The lowest BCUT2D eigenvalue weighted by molar-refractivity contribution is -0.115. The number of hydrogen-bond donors (Lipinski definition) is 1. The minimum absolute atomic E-state index is 0.0349. The number of hydrogen-bond acceptors (Lipinski definition) is 3. The molecule has 1 N–H and O–H groups in total. The maximum atomic E-state index is 12.9. The van der Waals surface area contributed by atoms with Gasteiger partial charge in [0.2, 0.25) is 5.91 Å². The number of nitrogens with one attached hydrogen (secondary N) is 1. The minimum Gasteiger partial charge on any atom is -0.325 e. The smallest absolute Gasteiger partial charge is 0.237 e. The topological polar surface area (TPSA) is 42.0 Å². The Hall–Kier alpha value is -2.33. The van der Waals surface area contributed by atoms with E-state index in [0.717, 1.165) is 40.2 Å². The first-order valence-corrected chi connectivity index (χ1v) is 10.3. The van der Waals surface area contributed by atoms with Crippen molar-refractivity contribution < 1.29 is 4.79 Å². The van der Waals surface area contributed by atoms with E-state index in [-0.39, 0.29) is 11.2 Å². The van der Waals surface area contributed by atoms with Crippen LogP contribution in [0.25, 0.3) is 10.9 Å². The second-order valence-electron chi connectivity index (χ2n) is 6.76. The summed E-state index contributed by atoms with van der Waals surface area (Å²) in [7, 11) is 0. The average molecular weight is 379 g/mol. The van der Waals surface area contributed by atoms with Gasteiger partial charge in [0, 0.05) is 11.1 Å². The summed E-state index contributed by atoms with van der Waals surface area (Å²) in [6.45, 7) is 8.32. The summed E-state index contributed by atoms with van der Waals surface area (Å²) in [5, 5.41) is 5.01. The van der Waals surface area contributed by atoms with Crippen molar-refractivity contribution in [2.24, 2.45) is 0 Å². The van der Waals surface area contributed by atoms with Crippen LogP contribution >= 0.6 is 11.8 Å². The number of benzene rings is 2. The normalized spacial score (nSPS) is 12.1. The molecule has 0 saturated carbocycles. The number of anilines is 1. The van der Waals surface area contributed by atoms with Gasteiger partial charge in [0.25, 0.3) is 0 Å². The number of thioether (sulfide) groups is 1. The highest BCUT2D eigenvalue weighted by Gasteiger charge is 2.20. The maximum absolute atomic E-state index is 12.9. The standard InChI is InChI=1S/C23H26N2OS/c1-5-17-11-7-8-13-19(17)24-23(26)20(6-2)27-21-14-16(4)18-12-9-10-15(3)22(18)25-21/h7-14,20H,5-6H2,1-4H3,(H,24,26). The number of aromatic nitrogens is 1. The molecule has 0 aliphatic heterocycles. The van der Waals surface area contributed by atoms with E-state index in [2.05, 4.69) is 56.4 Å². The SMILES string of the molecule is CCc1ccccc1NC(=O)C(CC)Sc1cc(C)c2cccc(C)c2n1. The van der Waals surface area contributed by atoms with Crippen LogP contribution < -0.4 is 5.32 Å². The van der Waals surface area contributed by atoms with Gasteiger partial charge in [-0.25, -0.2) is 4.98 Å². The van der Waals surface area contributed by atoms with Crippen LogP contribution in [0, 0.1) is 13.8 Å². The molecule has 0 spiro atoms. The number of carbonyl (C=O) groups excluding carboxylic acids is 1. The van der Waals surface area contributed by atoms with Gasteiger partial charge in [0.1, 0.15) is 0 Å². The summed E-state index contributed by atoms with van der Waals surface area (Å²) in [6, 6.07) is 16.3. The Morgan fingerprint density at radius 2 is 1.85 bits per heavy atom. The van der Waals surface area contributed by atoms with Crippen molar-refractivity contribution in [1.29, 1.82) is 0 Å². The Labute approximate surface area is 165 Å². The van der Waals surface area contributed by atoms with Gasteiger partial charge in [0.05, 0.1) is 15.8 Å². The molecule has 3 nitrogen and oxygen atoms in total. The number of rotatable bonds is 6. The van der Waals surface area contributed by atoms with Crippen molar-refractivity contribution in [3.63, 3.8) is 0 Å². The molecule has 3 rings (SSSR count). The third kappa shape index (κ3) is 4.33. The van der Waals surface area contributed by atoms with Gasteiger partial charge < -0.3 is 5.32 Å². The van der Waals surface area contributed by atoms with Crippen molar-refractivity contribution >= 4 is 34.3 Å². The molecule has 27 heavy (non-hydrogen) atoms. The fourth-order valence-electron chi connectivity index (χ4n) is 3.22. The lowest BCUT2D eigenvalue weighted by atomic mass is 10.1. The van der Waals surface area contributed by atoms with Gasteiger partial charge in [-0.15, -0.1) is 0 Å². The Bertz CT molecular complexity index is 968. The highest BCUT2D eigenvalue weighted by molar-refractivity contribution is 8.00. The van der Waals surface area contributed by atoms with Gasteiger partial charge in [-0.1, -0.05) is 62.0 Å². The molecular formula is C23H26N2OS. The predicted molar refractivity (Wildman–Crippen MR) is 116 cm³/mol. The molecule has 0 radical (unpaired) electrons. The molecular weight excluding hydrogens is 352 g/mol. The Morgan fingerprint density at radius 1 is 1.07 bits per heavy atom. The minimum atomic E-state index is -0.178. The Morgan fingerprint density at radius 3 is 2.59 bits per heavy atom. The lowest BCUT2D eigenvalue weighted by Crippen LogP contribution is -2.25. The molecule has 0 bridgehead atoms. The zero-order valence-electron chi connectivity index (χ0n) is 16.4. The van der Waals surface area contributed by atoms with E-state index in [4.69, 9.17) is 4.98 Å². The molecule has 0 aliphatic rings. The first-order chi connectivity index (χ1) is 13.0. The van der Waals surface area contributed by atoms with E-state index < -0.39 is 0 Å². The molecule has 140 valence electrons. The van der Waals surface area contributed by atoms with Crippen LogP contribution in [0.4, 0.5) is 5.69 Å². The third-order valence-electron chi connectivity index (χ3n) is 4.81. The number of para-hydroxylation sites is 2. The molecule has 0 saturated heterocycles. The molecule has 1 atom stereocenters. The molecule has 1 aromatic heterocycles. The van der Waals surface area contributed by atoms with Crippen molar-refractivity contribution in [3.8, 4) is 0 Å². The predicted octanol–water partition coefficient (Wildman–Crippen LogP) is 5.92. The molecule has 1 unspecified atom stereocenters. The van der Waals surface area contributed by atoms with Gasteiger partial charge in [0.15, 0.2) is 0 Å². The average Bonchev–Trinajstić information content (AvgIpc) is 2.67. The number of fused-ring (bicyclic) bond motifs is 1. The van der Waals surface area contributed by atoms with Crippen LogP contribution in [0.1, 0.15) is 37.0 Å². The fourth-order valence-corrected chi connectivity index (χ4v) is 4.24. The fraction of sp³-hybridized carbons (Fsp3) is 0.304. The number of pyridine rings is 1. The van der Waals surface area contributed by atoms with Crippen LogP contribution in [-0.2, 0) is 11.2 Å². The molecule has 1 amide bonds. The number of amides is 1. The highest BCUT2D eigenvalue weighted by Crippen LogP contribution is 2.30. The molecule has 1 heterocycles.